The van der Waals surface area contributed by atoms with Gasteiger partial charge in [0, 0.05) is 17.1 Å². The molecule has 0 N–H and O–H groups in total. The summed E-state index contributed by atoms with van der Waals surface area (Å²) < 4.78 is 2.08. The van der Waals surface area contributed by atoms with Gasteiger partial charge in [0.05, 0.1) is 5.69 Å². The topological polar surface area (TPSA) is 17.8 Å². The Hall–Kier alpha value is -0.310. The van der Waals surface area contributed by atoms with E-state index >= 15 is 0 Å². The van der Waals surface area contributed by atoms with E-state index in [-0.39, 0.29) is 0 Å². The third-order valence-electron chi connectivity index (χ3n) is 3.35. The molecule has 1 aromatic heterocycles. The van der Waals surface area contributed by atoms with Crippen molar-refractivity contribution < 1.29 is 0 Å². The number of nitrogens with zero attached hydrogens (tertiary/aromatic N) is 2. The Morgan fingerprint density at radius 3 is 2.50 bits per heavy atom. The number of alkyl halides is 1. The molecule has 0 radical (unpaired) electrons. The molecule has 0 fully saturated rings. The second kappa shape index (κ2) is 6.43. The van der Waals surface area contributed by atoms with E-state index in [1.807, 2.05) is 0 Å². The van der Waals surface area contributed by atoms with E-state index in [0.29, 0.717) is 16.8 Å². The molecule has 0 bridgehead atoms. The van der Waals surface area contributed by atoms with Crippen LogP contribution in [0.5, 0.6) is 0 Å². The zero-order valence-electron chi connectivity index (χ0n) is 10.8. The maximum Gasteiger partial charge on any atom is 0.0627 e. The van der Waals surface area contributed by atoms with Crippen LogP contribution in [0.2, 0.25) is 0 Å². The molecule has 1 aromatic rings. The third kappa shape index (κ3) is 3.62. The van der Waals surface area contributed by atoms with Crippen LogP contribution in [0.3, 0.4) is 0 Å². The van der Waals surface area contributed by atoms with E-state index in [0.717, 1.165) is 12.8 Å². The van der Waals surface area contributed by atoms with Crippen molar-refractivity contribution >= 4 is 15.9 Å². The summed E-state index contributed by atoms with van der Waals surface area (Å²) in [6.45, 7) is 8.87. The lowest BCUT2D eigenvalue weighted by Crippen LogP contribution is -2.14. The SMILES string of the molecule is CCC(Cc1ccn(C(C)CC)n1)C(C)Br. The lowest BCUT2D eigenvalue weighted by molar-refractivity contribution is 0.458. The summed E-state index contributed by atoms with van der Waals surface area (Å²) in [7, 11) is 0. The largest absolute Gasteiger partial charge is 0.270 e. The maximum atomic E-state index is 4.65. The molecule has 0 aliphatic carbocycles. The highest BCUT2D eigenvalue weighted by Crippen LogP contribution is 2.21. The summed E-state index contributed by atoms with van der Waals surface area (Å²) >= 11 is 3.67. The summed E-state index contributed by atoms with van der Waals surface area (Å²) in [5.74, 6) is 0.681. The molecule has 0 amide bonds. The molecule has 0 saturated carbocycles. The van der Waals surface area contributed by atoms with E-state index in [9.17, 15) is 0 Å². The first-order valence-corrected chi connectivity index (χ1v) is 7.18. The Labute approximate surface area is 108 Å². The average molecular weight is 287 g/mol. The van der Waals surface area contributed by atoms with Gasteiger partial charge in [0.25, 0.3) is 0 Å². The summed E-state index contributed by atoms with van der Waals surface area (Å²) in [4.78, 5) is 0.561. The molecule has 0 aliphatic rings. The van der Waals surface area contributed by atoms with E-state index in [1.165, 1.54) is 12.1 Å². The summed E-state index contributed by atoms with van der Waals surface area (Å²) in [6.07, 6.45) is 5.51. The molecule has 1 rings (SSSR count). The monoisotopic (exact) mass is 286 g/mol. The molecule has 0 spiro atoms. The van der Waals surface area contributed by atoms with E-state index in [4.69, 9.17) is 0 Å². The fourth-order valence-corrected chi connectivity index (χ4v) is 2.38. The standard InChI is InChI=1S/C13H23BrN2/c1-5-10(3)16-8-7-13(15-16)9-12(6-2)11(4)14/h7-8,10-12H,5-6,9H2,1-4H3. The average Bonchev–Trinajstić information content (AvgIpc) is 2.72. The third-order valence-corrected chi connectivity index (χ3v) is 4.10. The van der Waals surface area contributed by atoms with Crippen molar-refractivity contribution in [1.29, 1.82) is 0 Å². The van der Waals surface area contributed by atoms with Crippen LogP contribution >= 0.6 is 15.9 Å². The zero-order valence-corrected chi connectivity index (χ0v) is 12.4. The first-order chi connectivity index (χ1) is 7.58. The molecule has 3 heteroatoms. The van der Waals surface area contributed by atoms with Crippen molar-refractivity contribution in [3.05, 3.63) is 18.0 Å². The maximum absolute atomic E-state index is 4.65. The van der Waals surface area contributed by atoms with Crippen LogP contribution < -0.4 is 0 Å². The zero-order chi connectivity index (χ0) is 12.1. The number of halogens is 1. The van der Waals surface area contributed by atoms with Crippen LogP contribution in [-0.2, 0) is 6.42 Å². The number of rotatable bonds is 6. The van der Waals surface area contributed by atoms with Crippen molar-refractivity contribution in [2.75, 3.05) is 0 Å². The molecular weight excluding hydrogens is 264 g/mol. The highest BCUT2D eigenvalue weighted by molar-refractivity contribution is 9.09. The van der Waals surface area contributed by atoms with Gasteiger partial charge in [0.2, 0.25) is 0 Å². The molecule has 16 heavy (non-hydrogen) atoms. The lowest BCUT2D eigenvalue weighted by atomic mass is 9.98. The van der Waals surface area contributed by atoms with Crippen LogP contribution in [0.25, 0.3) is 0 Å². The molecule has 2 nitrogen and oxygen atoms in total. The Balaban J connectivity index is 2.64. The van der Waals surface area contributed by atoms with Crippen LogP contribution in [0.15, 0.2) is 12.3 Å². The van der Waals surface area contributed by atoms with Gasteiger partial charge in [0.1, 0.15) is 0 Å². The van der Waals surface area contributed by atoms with E-state index in [1.54, 1.807) is 0 Å². The van der Waals surface area contributed by atoms with Gasteiger partial charge in [-0.1, -0.05) is 43.1 Å². The van der Waals surface area contributed by atoms with Crippen LogP contribution in [0.4, 0.5) is 0 Å². The minimum atomic E-state index is 0.509. The quantitative estimate of drug-likeness (QED) is 0.717. The predicted molar refractivity (Wildman–Crippen MR) is 73.1 cm³/mol. The summed E-state index contributed by atoms with van der Waals surface area (Å²) in [6, 6.07) is 2.67. The molecule has 1 heterocycles. The highest BCUT2D eigenvalue weighted by Gasteiger charge is 2.15. The normalized spacial score (nSPS) is 17.1. The van der Waals surface area contributed by atoms with Crippen molar-refractivity contribution in [1.82, 2.24) is 9.78 Å². The van der Waals surface area contributed by atoms with Gasteiger partial charge in [-0.15, -0.1) is 0 Å². The number of hydrogen-bond donors (Lipinski definition) is 0. The van der Waals surface area contributed by atoms with Crippen LogP contribution in [0.1, 0.15) is 52.3 Å². The lowest BCUT2D eigenvalue weighted by Gasteiger charge is -2.16. The molecule has 0 saturated heterocycles. The van der Waals surface area contributed by atoms with Crippen molar-refractivity contribution in [3.8, 4) is 0 Å². The van der Waals surface area contributed by atoms with Crippen molar-refractivity contribution in [2.45, 2.75) is 57.8 Å². The molecular formula is C13H23BrN2. The first-order valence-electron chi connectivity index (χ1n) is 6.26. The fraction of sp³-hybridized carbons (Fsp3) is 0.769. The Bertz CT molecular complexity index is 307. The van der Waals surface area contributed by atoms with E-state index in [2.05, 4.69) is 65.7 Å². The first kappa shape index (κ1) is 13.8. The van der Waals surface area contributed by atoms with Gasteiger partial charge in [-0.3, -0.25) is 4.68 Å². The number of aromatic nitrogens is 2. The Kier molecular flexibility index (Phi) is 5.53. The summed E-state index contributed by atoms with van der Waals surface area (Å²) in [5.41, 5.74) is 1.22. The molecule has 0 aromatic carbocycles. The van der Waals surface area contributed by atoms with Gasteiger partial charge < -0.3 is 0 Å². The van der Waals surface area contributed by atoms with Crippen LogP contribution in [0, 0.1) is 5.92 Å². The summed E-state index contributed by atoms with van der Waals surface area (Å²) in [5, 5.41) is 4.65. The van der Waals surface area contributed by atoms with Crippen LogP contribution in [-0.4, -0.2) is 14.6 Å². The van der Waals surface area contributed by atoms with Crippen molar-refractivity contribution in [2.24, 2.45) is 5.92 Å². The fourth-order valence-electron chi connectivity index (χ4n) is 1.82. The Morgan fingerprint density at radius 1 is 1.31 bits per heavy atom. The van der Waals surface area contributed by atoms with Gasteiger partial charge in [-0.2, -0.15) is 5.10 Å². The Morgan fingerprint density at radius 2 is 2.00 bits per heavy atom. The smallest absolute Gasteiger partial charge is 0.0627 e. The minimum absolute atomic E-state index is 0.509. The van der Waals surface area contributed by atoms with Gasteiger partial charge in [-0.05, 0) is 31.7 Å². The molecule has 3 unspecified atom stereocenters. The number of hydrogen-bond acceptors (Lipinski definition) is 1. The van der Waals surface area contributed by atoms with Gasteiger partial charge in [-0.25, -0.2) is 0 Å². The van der Waals surface area contributed by atoms with Gasteiger partial charge >= 0.3 is 0 Å². The molecule has 3 atom stereocenters. The minimum Gasteiger partial charge on any atom is -0.270 e. The van der Waals surface area contributed by atoms with Crippen molar-refractivity contribution in [3.63, 3.8) is 0 Å². The molecule has 92 valence electrons. The second-order valence-electron chi connectivity index (χ2n) is 4.59. The van der Waals surface area contributed by atoms with E-state index < -0.39 is 0 Å². The van der Waals surface area contributed by atoms with Gasteiger partial charge in [0.15, 0.2) is 0 Å². The predicted octanol–water partition coefficient (Wildman–Crippen LogP) is 4.21. The second-order valence-corrected chi connectivity index (χ2v) is 6.04. The molecule has 0 aliphatic heterocycles. The highest BCUT2D eigenvalue weighted by atomic mass is 79.9.